The molecule has 0 radical (unpaired) electrons. The summed E-state index contributed by atoms with van der Waals surface area (Å²) in [5.41, 5.74) is 1.65. The van der Waals surface area contributed by atoms with Crippen molar-refractivity contribution in [2.45, 2.75) is 32.7 Å². The lowest BCUT2D eigenvalue weighted by atomic mass is 9.92. The van der Waals surface area contributed by atoms with Crippen LogP contribution in [-0.4, -0.2) is 24.2 Å². The zero-order valence-corrected chi connectivity index (χ0v) is 12.4. The van der Waals surface area contributed by atoms with Gasteiger partial charge in [0, 0.05) is 31.0 Å². The van der Waals surface area contributed by atoms with Gasteiger partial charge < -0.3 is 10.1 Å². The third kappa shape index (κ3) is 3.41. The molecule has 1 fully saturated rings. The monoisotopic (exact) mass is 298 g/mol. The van der Waals surface area contributed by atoms with Crippen molar-refractivity contribution in [3.63, 3.8) is 0 Å². The molecular formula is C14H19ClN2O3. The van der Waals surface area contributed by atoms with E-state index >= 15 is 0 Å². The lowest BCUT2D eigenvalue weighted by Crippen LogP contribution is -2.31. The Hall–Kier alpha value is -1.33. The van der Waals surface area contributed by atoms with Crippen LogP contribution in [0.1, 0.15) is 25.3 Å². The summed E-state index contributed by atoms with van der Waals surface area (Å²) in [7, 11) is 0. The summed E-state index contributed by atoms with van der Waals surface area (Å²) in [5.74, 6) is 0.553. The van der Waals surface area contributed by atoms with E-state index in [4.69, 9.17) is 16.3 Å². The number of hydrogen-bond acceptors (Lipinski definition) is 4. The van der Waals surface area contributed by atoms with Crippen LogP contribution in [0.25, 0.3) is 0 Å². The van der Waals surface area contributed by atoms with Crippen molar-refractivity contribution in [2.75, 3.05) is 18.5 Å². The van der Waals surface area contributed by atoms with E-state index in [0.29, 0.717) is 5.92 Å². The summed E-state index contributed by atoms with van der Waals surface area (Å²) in [4.78, 5) is 10.4. The second kappa shape index (κ2) is 6.41. The minimum Gasteiger partial charge on any atom is -0.382 e. The molecular weight excluding hydrogens is 280 g/mol. The second-order valence-electron chi connectivity index (χ2n) is 5.26. The fraction of sp³-hybridized carbons (Fsp3) is 0.571. The van der Waals surface area contributed by atoms with Crippen molar-refractivity contribution in [1.82, 2.24) is 0 Å². The predicted octanol–water partition coefficient (Wildman–Crippen LogP) is 3.78. The van der Waals surface area contributed by atoms with Crippen LogP contribution in [0.3, 0.4) is 0 Å². The largest absolute Gasteiger partial charge is 0.382 e. The molecule has 1 atom stereocenters. The molecule has 110 valence electrons. The molecule has 1 aromatic rings. The predicted molar refractivity (Wildman–Crippen MR) is 79.5 cm³/mol. The highest BCUT2D eigenvalue weighted by molar-refractivity contribution is 6.33. The number of aryl methyl sites for hydroxylation is 1. The summed E-state index contributed by atoms with van der Waals surface area (Å²) >= 11 is 5.96. The minimum absolute atomic E-state index is 0.0477. The third-order valence-electron chi connectivity index (χ3n) is 3.85. The van der Waals surface area contributed by atoms with Crippen molar-refractivity contribution in [3.05, 3.63) is 32.8 Å². The van der Waals surface area contributed by atoms with Crippen LogP contribution in [0.2, 0.25) is 5.02 Å². The number of nitro groups is 1. The van der Waals surface area contributed by atoms with Crippen LogP contribution in [0, 0.1) is 23.0 Å². The Labute approximate surface area is 123 Å². The Morgan fingerprint density at radius 3 is 2.70 bits per heavy atom. The summed E-state index contributed by atoms with van der Waals surface area (Å²) in [5, 5.41) is 14.4. The minimum atomic E-state index is -0.457. The molecule has 5 nitrogen and oxygen atoms in total. The second-order valence-corrected chi connectivity index (χ2v) is 5.67. The quantitative estimate of drug-likeness (QED) is 0.678. The number of nitrogens with one attached hydrogen (secondary N) is 1. The molecule has 0 saturated carbocycles. The van der Waals surface area contributed by atoms with Gasteiger partial charge in [0.2, 0.25) is 0 Å². The molecule has 1 saturated heterocycles. The summed E-state index contributed by atoms with van der Waals surface area (Å²) in [6, 6.07) is 3.45. The third-order valence-corrected chi connectivity index (χ3v) is 4.15. The summed E-state index contributed by atoms with van der Waals surface area (Å²) in [6.45, 7) is 5.58. The maximum absolute atomic E-state index is 10.8. The average molecular weight is 299 g/mol. The van der Waals surface area contributed by atoms with Gasteiger partial charge in [-0.15, -0.1) is 0 Å². The van der Waals surface area contributed by atoms with E-state index in [1.165, 1.54) is 6.07 Å². The smallest absolute Gasteiger partial charge is 0.288 e. The number of anilines is 1. The van der Waals surface area contributed by atoms with Gasteiger partial charge in [-0.3, -0.25) is 10.1 Å². The Kier molecular flexibility index (Phi) is 4.83. The van der Waals surface area contributed by atoms with Crippen LogP contribution in [-0.2, 0) is 4.74 Å². The van der Waals surface area contributed by atoms with E-state index < -0.39 is 4.92 Å². The number of benzene rings is 1. The zero-order chi connectivity index (χ0) is 14.7. The first-order valence-corrected chi connectivity index (χ1v) is 7.15. The lowest BCUT2D eigenvalue weighted by Gasteiger charge is -2.29. The van der Waals surface area contributed by atoms with Crippen LogP contribution in [0.15, 0.2) is 12.1 Å². The standard InChI is InChI=1S/C14H19ClN2O3/c1-9-7-14(17(18)19)12(15)8-13(9)16-10(2)11-3-5-20-6-4-11/h7-8,10-11,16H,3-6H2,1-2H3. The normalized spacial score (nSPS) is 17.8. The lowest BCUT2D eigenvalue weighted by molar-refractivity contribution is -0.384. The zero-order valence-electron chi connectivity index (χ0n) is 11.7. The maximum atomic E-state index is 10.8. The SMILES string of the molecule is Cc1cc([N+](=O)[O-])c(Cl)cc1NC(C)C1CCOCC1. The van der Waals surface area contributed by atoms with E-state index in [-0.39, 0.29) is 16.8 Å². The van der Waals surface area contributed by atoms with Crippen molar-refractivity contribution >= 4 is 23.0 Å². The Morgan fingerprint density at radius 2 is 2.10 bits per heavy atom. The molecule has 0 aliphatic carbocycles. The number of ether oxygens (including phenoxy) is 1. The number of rotatable bonds is 4. The molecule has 6 heteroatoms. The molecule has 1 aliphatic rings. The van der Waals surface area contributed by atoms with Crippen LogP contribution in [0.4, 0.5) is 11.4 Å². The molecule has 0 aromatic heterocycles. The Morgan fingerprint density at radius 1 is 1.45 bits per heavy atom. The van der Waals surface area contributed by atoms with Crippen molar-refractivity contribution in [3.8, 4) is 0 Å². The van der Waals surface area contributed by atoms with E-state index in [9.17, 15) is 10.1 Å². The molecule has 20 heavy (non-hydrogen) atoms. The topological polar surface area (TPSA) is 64.4 Å². The van der Waals surface area contributed by atoms with E-state index in [0.717, 1.165) is 37.3 Å². The van der Waals surface area contributed by atoms with Gasteiger partial charge in [0.25, 0.3) is 5.69 Å². The first-order chi connectivity index (χ1) is 9.49. The molecule has 0 spiro atoms. The maximum Gasteiger partial charge on any atom is 0.288 e. The van der Waals surface area contributed by atoms with E-state index in [2.05, 4.69) is 12.2 Å². The molecule has 0 bridgehead atoms. The van der Waals surface area contributed by atoms with Crippen molar-refractivity contribution in [2.24, 2.45) is 5.92 Å². The number of nitrogens with zero attached hydrogens (tertiary/aromatic N) is 1. The van der Waals surface area contributed by atoms with Crippen molar-refractivity contribution < 1.29 is 9.66 Å². The van der Waals surface area contributed by atoms with Crippen LogP contribution in [0.5, 0.6) is 0 Å². The fourth-order valence-electron chi connectivity index (χ4n) is 2.54. The highest BCUT2D eigenvalue weighted by atomic mass is 35.5. The average Bonchev–Trinajstić information content (AvgIpc) is 2.43. The number of halogens is 1. The molecule has 2 rings (SSSR count). The molecule has 1 unspecified atom stereocenters. The van der Waals surface area contributed by atoms with E-state index in [1.807, 2.05) is 6.92 Å². The Bertz CT molecular complexity index is 501. The Balaban J connectivity index is 2.12. The van der Waals surface area contributed by atoms with Gasteiger partial charge in [0.15, 0.2) is 0 Å². The van der Waals surface area contributed by atoms with Gasteiger partial charge in [-0.05, 0) is 44.2 Å². The first-order valence-electron chi connectivity index (χ1n) is 6.78. The highest BCUT2D eigenvalue weighted by Crippen LogP contribution is 2.32. The van der Waals surface area contributed by atoms with Gasteiger partial charge in [0.05, 0.1) is 4.92 Å². The first kappa shape index (κ1) is 15.1. The van der Waals surface area contributed by atoms with Crippen LogP contribution < -0.4 is 5.32 Å². The van der Waals surface area contributed by atoms with Gasteiger partial charge in [-0.1, -0.05) is 11.6 Å². The molecule has 1 aliphatic heterocycles. The highest BCUT2D eigenvalue weighted by Gasteiger charge is 2.22. The summed E-state index contributed by atoms with van der Waals surface area (Å²) < 4.78 is 5.36. The van der Waals surface area contributed by atoms with Gasteiger partial charge >= 0.3 is 0 Å². The van der Waals surface area contributed by atoms with Crippen LogP contribution >= 0.6 is 11.6 Å². The van der Waals surface area contributed by atoms with E-state index in [1.54, 1.807) is 6.07 Å². The fourth-order valence-corrected chi connectivity index (χ4v) is 2.77. The van der Waals surface area contributed by atoms with Gasteiger partial charge in [0.1, 0.15) is 5.02 Å². The molecule has 0 amide bonds. The molecule has 1 aromatic carbocycles. The van der Waals surface area contributed by atoms with Gasteiger partial charge in [-0.25, -0.2) is 0 Å². The number of hydrogen-bond donors (Lipinski definition) is 1. The summed E-state index contributed by atoms with van der Waals surface area (Å²) in [6.07, 6.45) is 2.07. The number of nitro benzene ring substituents is 1. The molecule has 1 heterocycles. The molecule has 1 N–H and O–H groups in total. The van der Waals surface area contributed by atoms with Gasteiger partial charge in [-0.2, -0.15) is 0 Å². The van der Waals surface area contributed by atoms with Crippen molar-refractivity contribution in [1.29, 1.82) is 0 Å².